The zero-order chi connectivity index (χ0) is 39.3. The average Bonchev–Trinajstić information content (AvgIpc) is 3.17. The topological polar surface area (TPSA) is 72.8 Å². The summed E-state index contributed by atoms with van der Waals surface area (Å²) in [4.78, 5) is 24.4. The van der Waals surface area contributed by atoms with E-state index < -0.39 is 6.10 Å². The van der Waals surface area contributed by atoms with Crippen LogP contribution in [-0.2, 0) is 19.1 Å². The van der Waals surface area contributed by atoms with Crippen LogP contribution in [0, 0.1) is 0 Å². The molecule has 0 amide bonds. The Morgan fingerprint density at radius 3 is 0.815 bits per heavy atom. The quantitative estimate of drug-likeness (QED) is 0.0494. The molecule has 0 aliphatic rings. The molecule has 0 aliphatic carbocycles. The van der Waals surface area contributed by atoms with E-state index in [-0.39, 0.29) is 25.2 Å². The van der Waals surface area contributed by atoms with Gasteiger partial charge in [0.1, 0.15) is 6.61 Å². The highest BCUT2D eigenvalue weighted by molar-refractivity contribution is 5.70. The number of ether oxygens (including phenoxy) is 2. The highest BCUT2D eigenvalue weighted by Crippen LogP contribution is 2.17. The Bertz CT molecular complexity index is 740. The SMILES string of the molecule is CCCCCCCCCCCCCCCCCCCCCCCCCCC(=O)OC(CO)COC(=O)CCCCCCCCCCCCCCCCCC. The highest BCUT2D eigenvalue weighted by Gasteiger charge is 2.16. The molecule has 0 radical (unpaired) electrons. The summed E-state index contributed by atoms with van der Waals surface area (Å²) in [6.45, 7) is 4.19. The third-order valence-electron chi connectivity index (χ3n) is 11.4. The number of carbonyl (C=O) groups is 2. The van der Waals surface area contributed by atoms with Crippen molar-refractivity contribution in [3.63, 3.8) is 0 Å². The lowest BCUT2D eigenvalue weighted by molar-refractivity contribution is -0.161. The predicted octanol–water partition coefficient (Wildman–Crippen LogP) is 15.9. The van der Waals surface area contributed by atoms with E-state index in [0.29, 0.717) is 12.8 Å². The van der Waals surface area contributed by atoms with E-state index in [2.05, 4.69) is 13.8 Å². The van der Waals surface area contributed by atoms with Crippen molar-refractivity contribution in [2.45, 2.75) is 290 Å². The van der Waals surface area contributed by atoms with Gasteiger partial charge in [-0.1, -0.05) is 258 Å². The minimum absolute atomic E-state index is 0.0562. The molecule has 0 saturated heterocycles. The van der Waals surface area contributed by atoms with Gasteiger partial charge in [-0.05, 0) is 12.8 Å². The van der Waals surface area contributed by atoms with Gasteiger partial charge in [-0.2, -0.15) is 0 Å². The van der Waals surface area contributed by atoms with Gasteiger partial charge in [0, 0.05) is 12.8 Å². The lowest BCUT2D eigenvalue weighted by Crippen LogP contribution is -2.28. The number of hydrogen-bond donors (Lipinski definition) is 1. The lowest BCUT2D eigenvalue weighted by Gasteiger charge is -2.15. The van der Waals surface area contributed by atoms with Crippen LogP contribution < -0.4 is 0 Å². The van der Waals surface area contributed by atoms with Crippen LogP contribution in [0.15, 0.2) is 0 Å². The first-order valence-corrected chi connectivity index (χ1v) is 24.6. The molecule has 0 aromatic rings. The molecule has 5 heteroatoms. The van der Waals surface area contributed by atoms with Gasteiger partial charge in [0.25, 0.3) is 0 Å². The van der Waals surface area contributed by atoms with Gasteiger partial charge in [-0.3, -0.25) is 9.59 Å². The van der Waals surface area contributed by atoms with Crippen molar-refractivity contribution in [2.24, 2.45) is 0 Å². The number of rotatable bonds is 46. The fourth-order valence-electron chi connectivity index (χ4n) is 7.68. The van der Waals surface area contributed by atoms with E-state index in [1.165, 1.54) is 225 Å². The summed E-state index contributed by atoms with van der Waals surface area (Å²) >= 11 is 0. The van der Waals surface area contributed by atoms with Gasteiger partial charge in [0.15, 0.2) is 6.10 Å². The Hall–Kier alpha value is -1.10. The minimum atomic E-state index is -0.762. The number of hydrogen-bond acceptors (Lipinski definition) is 5. The fourth-order valence-corrected chi connectivity index (χ4v) is 7.68. The summed E-state index contributed by atoms with van der Waals surface area (Å²) in [6.07, 6.45) is 53.4. The molecule has 0 aromatic carbocycles. The minimum Gasteiger partial charge on any atom is -0.462 e. The molecule has 0 bridgehead atoms. The smallest absolute Gasteiger partial charge is 0.306 e. The van der Waals surface area contributed by atoms with Gasteiger partial charge in [0.05, 0.1) is 6.61 Å². The molecular formula is C49H96O5. The normalized spacial score (nSPS) is 12.0. The number of aliphatic hydroxyl groups excluding tert-OH is 1. The number of carbonyl (C=O) groups excluding carboxylic acids is 2. The summed E-state index contributed by atoms with van der Waals surface area (Å²) in [5, 5.41) is 9.61. The molecule has 0 aliphatic heterocycles. The lowest BCUT2D eigenvalue weighted by atomic mass is 10.0. The maximum absolute atomic E-state index is 12.2. The Labute approximate surface area is 338 Å². The van der Waals surface area contributed by atoms with Crippen LogP contribution in [-0.4, -0.2) is 36.4 Å². The highest BCUT2D eigenvalue weighted by atomic mass is 16.6. The first-order chi connectivity index (χ1) is 26.6. The van der Waals surface area contributed by atoms with Crippen LogP contribution in [0.5, 0.6) is 0 Å². The van der Waals surface area contributed by atoms with Crippen LogP contribution in [0.2, 0.25) is 0 Å². The fraction of sp³-hybridized carbons (Fsp3) is 0.959. The van der Waals surface area contributed by atoms with Crippen LogP contribution in [0.3, 0.4) is 0 Å². The Morgan fingerprint density at radius 2 is 0.574 bits per heavy atom. The Kier molecular flexibility index (Phi) is 45.3. The Morgan fingerprint density at radius 1 is 0.352 bits per heavy atom. The van der Waals surface area contributed by atoms with Crippen molar-refractivity contribution in [3.05, 3.63) is 0 Å². The van der Waals surface area contributed by atoms with Gasteiger partial charge in [0.2, 0.25) is 0 Å². The molecule has 0 aromatic heterocycles. The maximum atomic E-state index is 12.2. The predicted molar refractivity (Wildman–Crippen MR) is 233 cm³/mol. The van der Waals surface area contributed by atoms with Crippen LogP contribution in [0.4, 0.5) is 0 Å². The van der Waals surface area contributed by atoms with Gasteiger partial charge in [-0.25, -0.2) is 0 Å². The van der Waals surface area contributed by atoms with Crippen molar-refractivity contribution in [1.82, 2.24) is 0 Å². The van der Waals surface area contributed by atoms with E-state index in [4.69, 9.17) is 9.47 Å². The second kappa shape index (κ2) is 46.3. The maximum Gasteiger partial charge on any atom is 0.306 e. The van der Waals surface area contributed by atoms with Gasteiger partial charge in [-0.15, -0.1) is 0 Å². The van der Waals surface area contributed by atoms with Crippen LogP contribution in [0.25, 0.3) is 0 Å². The molecule has 54 heavy (non-hydrogen) atoms. The second-order valence-electron chi connectivity index (χ2n) is 16.9. The molecule has 5 nitrogen and oxygen atoms in total. The molecule has 0 heterocycles. The zero-order valence-corrected chi connectivity index (χ0v) is 36.8. The molecule has 1 N–H and O–H groups in total. The molecule has 0 rings (SSSR count). The van der Waals surface area contributed by atoms with Crippen molar-refractivity contribution >= 4 is 11.9 Å². The third kappa shape index (κ3) is 43.6. The summed E-state index contributed by atoms with van der Waals surface area (Å²) in [7, 11) is 0. The number of unbranched alkanes of at least 4 members (excludes halogenated alkanes) is 38. The van der Waals surface area contributed by atoms with Gasteiger partial charge >= 0.3 is 11.9 Å². The molecule has 0 saturated carbocycles. The van der Waals surface area contributed by atoms with Gasteiger partial charge < -0.3 is 14.6 Å². The second-order valence-corrected chi connectivity index (χ2v) is 16.9. The van der Waals surface area contributed by atoms with Crippen molar-refractivity contribution in [1.29, 1.82) is 0 Å². The zero-order valence-electron chi connectivity index (χ0n) is 36.8. The largest absolute Gasteiger partial charge is 0.462 e. The first-order valence-electron chi connectivity index (χ1n) is 24.6. The molecule has 0 spiro atoms. The van der Waals surface area contributed by atoms with E-state index in [9.17, 15) is 14.7 Å². The van der Waals surface area contributed by atoms with E-state index >= 15 is 0 Å². The van der Waals surface area contributed by atoms with Crippen molar-refractivity contribution < 1.29 is 24.2 Å². The molecule has 1 atom stereocenters. The van der Waals surface area contributed by atoms with Crippen molar-refractivity contribution in [2.75, 3.05) is 13.2 Å². The Balaban J connectivity index is 3.42. The molecule has 322 valence electrons. The number of aliphatic hydroxyl groups is 1. The van der Waals surface area contributed by atoms with Crippen LogP contribution >= 0.6 is 0 Å². The molecule has 0 fully saturated rings. The van der Waals surface area contributed by atoms with E-state index in [0.717, 1.165) is 32.1 Å². The third-order valence-corrected chi connectivity index (χ3v) is 11.4. The standard InChI is InChI=1S/C49H96O5/c1-3-5-7-9-11-13-15-17-19-21-22-23-24-25-26-27-28-30-32-34-36-38-40-42-44-49(52)54-47(45-50)46-53-48(51)43-41-39-37-35-33-31-29-20-18-16-14-12-10-8-6-4-2/h47,50H,3-46H2,1-2H3. The summed E-state index contributed by atoms with van der Waals surface area (Å²) in [5.74, 6) is -0.568. The van der Waals surface area contributed by atoms with Crippen molar-refractivity contribution in [3.8, 4) is 0 Å². The monoisotopic (exact) mass is 765 g/mol. The van der Waals surface area contributed by atoms with E-state index in [1.54, 1.807) is 0 Å². The summed E-state index contributed by atoms with van der Waals surface area (Å²) in [5.41, 5.74) is 0. The van der Waals surface area contributed by atoms with E-state index in [1.807, 2.05) is 0 Å². The summed E-state index contributed by atoms with van der Waals surface area (Å²) < 4.78 is 10.7. The molecule has 1 unspecified atom stereocenters. The van der Waals surface area contributed by atoms with Crippen LogP contribution in [0.1, 0.15) is 284 Å². The molecular weight excluding hydrogens is 669 g/mol. The first kappa shape index (κ1) is 52.9. The summed E-state index contributed by atoms with van der Waals surface area (Å²) in [6, 6.07) is 0. The average molecular weight is 765 g/mol. The number of esters is 2.